The van der Waals surface area contributed by atoms with Gasteiger partial charge in [0.1, 0.15) is 11.0 Å². The van der Waals surface area contributed by atoms with Crippen LogP contribution in [0.25, 0.3) is 11.4 Å². The van der Waals surface area contributed by atoms with Gasteiger partial charge in [-0.25, -0.2) is 9.97 Å². The van der Waals surface area contributed by atoms with Gasteiger partial charge in [0.05, 0.1) is 11.9 Å². The van der Waals surface area contributed by atoms with E-state index in [1.54, 1.807) is 24.4 Å². The number of aromatic amines is 1. The van der Waals surface area contributed by atoms with E-state index in [1.165, 1.54) is 25.4 Å². The third-order valence-electron chi connectivity index (χ3n) is 2.79. The van der Waals surface area contributed by atoms with Crippen molar-refractivity contribution in [3.05, 3.63) is 54.1 Å². The number of benzene rings is 1. The van der Waals surface area contributed by atoms with Gasteiger partial charge in [0.25, 0.3) is 0 Å². The fraction of sp³-hybridized carbons (Fsp3) is 0.0714. The summed E-state index contributed by atoms with van der Waals surface area (Å²) >= 11 is 1.18. The van der Waals surface area contributed by atoms with Crippen LogP contribution in [-0.4, -0.2) is 40.3 Å². The van der Waals surface area contributed by atoms with Crippen molar-refractivity contribution in [3.63, 3.8) is 0 Å². The normalized spacial score (nSPS) is 12.8. The van der Waals surface area contributed by atoms with Crippen molar-refractivity contribution in [1.82, 2.24) is 20.4 Å². The molecule has 2 aliphatic heterocycles. The minimum absolute atomic E-state index is 0.201. The maximum absolute atomic E-state index is 11.8. The van der Waals surface area contributed by atoms with Gasteiger partial charge in [0, 0.05) is 6.20 Å². The van der Waals surface area contributed by atoms with Crippen LogP contribution in [0.4, 0.5) is 0 Å². The van der Waals surface area contributed by atoms with Gasteiger partial charge < -0.3 is 4.98 Å². The average molecular weight is 429 g/mol. The Bertz CT molecular complexity index is 844. The predicted octanol–water partition coefficient (Wildman–Crippen LogP) is 1.38. The number of carbonyl (C=O) groups excluding carboxylic acids is 1. The zero-order valence-corrected chi connectivity index (χ0v) is 15.6. The summed E-state index contributed by atoms with van der Waals surface area (Å²) in [5, 5.41) is 9.03. The predicted molar refractivity (Wildman–Crippen MR) is 89.1 cm³/mol. The molecule has 11 heteroatoms. The molecule has 0 fully saturated rings. The molecular weight excluding hydrogens is 415 g/mol. The molecule has 0 saturated carbocycles. The van der Waals surface area contributed by atoms with Crippen LogP contribution >= 0.6 is 11.6 Å². The third-order valence-corrected chi connectivity index (χ3v) is 6.19. The molecule has 2 aliphatic rings. The molecule has 3 N–H and O–H groups in total. The number of hydroxylamine groups is 1. The molecule has 1 amide bonds. The molecular formula is C14H14AsClN4O5. The number of nitrogens with one attached hydrogen (secondary N) is 2. The van der Waals surface area contributed by atoms with Crippen LogP contribution in [0.1, 0.15) is 6.92 Å². The smallest absolute Gasteiger partial charge is 0.141 e. The first-order chi connectivity index (χ1) is 12.0. The molecule has 0 aromatic heterocycles. The second kappa shape index (κ2) is 8.79. The van der Waals surface area contributed by atoms with E-state index >= 15 is 0 Å². The zero-order valence-electron chi connectivity index (χ0n) is 12.9. The molecule has 1 unspecified atom stereocenters. The molecule has 0 aliphatic carbocycles. The molecule has 0 saturated heterocycles. The first-order valence-electron chi connectivity index (χ1n) is 6.84. The fourth-order valence-corrected chi connectivity index (χ4v) is 4.03. The van der Waals surface area contributed by atoms with E-state index in [1.807, 2.05) is 11.5 Å². The first-order valence-corrected chi connectivity index (χ1v) is 10.5. The molecule has 0 spiro atoms. The maximum Gasteiger partial charge on any atom is 0.141 e. The summed E-state index contributed by atoms with van der Waals surface area (Å²) < 4.78 is 20.5. The van der Waals surface area contributed by atoms with E-state index in [4.69, 9.17) is 16.9 Å². The standard InChI is InChI=1S/C8H10AsNO5.C6H4ClN3/c1-7(11)10-14-9(12,15-13)8-5-3-2-4-6-8;7-5-4-1-2-8-6(4)10-3-9-5/h2-6,13H,1H3,(H,10,11);1-3H,(H,8,9,10). The van der Waals surface area contributed by atoms with E-state index in [0.717, 1.165) is 11.4 Å². The Balaban J connectivity index is 0.000000194. The van der Waals surface area contributed by atoms with Crippen LogP contribution in [0.15, 0.2) is 48.9 Å². The van der Waals surface area contributed by atoms with Gasteiger partial charge in [-0.15, -0.1) is 0 Å². The topological polar surface area (TPSA) is 126 Å². The Morgan fingerprint density at radius 1 is 1.28 bits per heavy atom. The van der Waals surface area contributed by atoms with Crippen LogP contribution in [0.2, 0.25) is 5.15 Å². The number of aromatic nitrogens is 3. The monoisotopic (exact) mass is 428 g/mol. The fourth-order valence-electron chi connectivity index (χ4n) is 1.69. The minimum atomic E-state index is -4.55. The molecule has 9 nitrogen and oxygen atoms in total. The number of nitrogens with zero attached hydrogens (tertiary/aromatic N) is 2. The summed E-state index contributed by atoms with van der Waals surface area (Å²) in [4.78, 5) is 21.3. The van der Waals surface area contributed by atoms with E-state index in [9.17, 15) is 8.53 Å². The molecule has 1 atom stereocenters. The van der Waals surface area contributed by atoms with E-state index in [0.29, 0.717) is 5.15 Å². The third kappa shape index (κ3) is 5.15. The van der Waals surface area contributed by atoms with Crippen molar-refractivity contribution in [1.29, 1.82) is 0 Å². The van der Waals surface area contributed by atoms with Gasteiger partial charge >= 0.3 is 88.7 Å². The summed E-state index contributed by atoms with van der Waals surface area (Å²) in [6, 6.07) is 9.69. The number of carbonyl (C=O) groups is 1. The van der Waals surface area contributed by atoms with E-state index < -0.39 is 20.1 Å². The molecule has 3 rings (SSSR count). The Hall–Kier alpha value is -2.16. The number of halogens is 1. The zero-order chi connectivity index (χ0) is 18.3. The van der Waals surface area contributed by atoms with Gasteiger partial charge in [0.15, 0.2) is 0 Å². The molecule has 132 valence electrons. The Morgan fingerprint density at radius 2 is 2.00 bits per heavy atom. The van der Waals surface area contributed by atoms with E-state index in [2.05, 4.69) is 22.7 Å². The molecule has 25 heavy (non-hydrogen) atoms. The van der Waals surface area contributed by atoms with Crippen LogP contribution in [0.3, 0.4) is 0 Å². The van der Waals surface area contributed by atoms with Crippen molar-refractivity contribution in [3.8, 4) is 11.4 Å². The summed E-state index contributed by atoms with van der Waals surface area (Å²) in [5.41, 5.74) is 2.74. The molecule has 0 bridgehead atoms. The van der Waals surface area contributed by atoms with Crippen LogP contribution in [-0.2, 0) is 16.2 Å². The second-order valence-electron chi connectivity index (χ2n) is 4.56. The summed E-state index contributed by atoms with van der Waals surface area (Å²) in [6.07, 6.45) is 3.21. The van der Waals surface area contributed by atoms with Crippen LogP contribution < -0.4 is 9.83 Å². The van der Waals surface area contributed by atoms with Gasteiger partial charge in [-0.3, -0.25) is 0 Å². The number of rotatable bonds is 4. The molecule has 2 heterocycles. The Kier molecular flexibility index (Phi) is 6.74. The second-order valence-corrected chi connectivity index (χ2v) is 8.82. The van der Waals surface area contributed by atoms with Crippen LogP contribution in [0.5, 0.6) is 0 Å². The SMILES string of the molecule is CC(=O)NO[As](=O)(OO)c1ccccc1.Clc1nc[nH]c2nccc1-2. The number of H-pyrrole nitrogens is 1. The van der Waals surface area contributed by atoms with Crippen molar-refractivity contribution < 1.29 is 21.5 Å². The average Bonchev–Trinajstić information content (AvgIpc) is 3.11. The largest absolute Gasteiger partial charge is 0.330 e. The minimum Gasteiger partial charge on any atom is -0.330 e. The quantitative estimate of drug-likeness (QED) is 0.248. The van der Waals surface area contributed by atoms with Gasteiger partial charge in [0.2, 0.25) is 0 Å². The first kappa shape index (κ1) is 19.2. The summed E-state index contributed by atoms with van der Waals surface area (Å²) in [5.74, 6) is 0.240. The molecule has 1 aromatic carbocycles. The molecule has 0 radical (unpaired) electrons. The van der Waals surface area contributed by atoms with E-state index in [-0.39, 0.29) is 4.35 Å². The van der Waals surface area contributed by atoms with Crippen molar-refractivity contribution in [2.45, 2.75) is 6.92 Å². The van der Waals surface area contributed by atoms with Crippen LogP contribution in [0, 0.1) is 0 Å². The van der Waals surface area contributed by atoms with Gasteiger partial charge in [-0.1, -0.05) is 11.6 Å². The summed E-state index contributed by atoms with van der Waals surface area (Å²) in [7, 11) is 0. The van der Waals surface area contributed by atoms with Gasteiger partial charge in [-0.05, 0) is 6.07 Å². The number of hydrogen-bond donors (Lipinski definition) is 3. The number of amides is 1. The number of hydrogen-bond acceptors (Lipinski definition) is 7. The maximum atomic E-state index is 11.8. The molecule has 1 aromatic rings. The van der Waals surface area contributed by atoms with Gasteiger partial charge in [-0.2, -0.15) is 0 Å². The Labute approximate surface area is 150 Å². The Morgan fingerprint density at radius 3 is 2.60 bits per heavy atom. The van der Waals surface area contributed by atoms with Crippen molar-refractivity contribution in [2.24, 2.45) is 0 Å². The van der Waals surface area contributed by atoms with Crippen molar-refractivity contribution in [2.75, 3.05) is 0 Å². The number of fused-ring (bicyclic) bond motifs is 1. The summed E-state index contributed by atoms with van der Waals surface area (Å²) in [6.45, 7) is 1.18. The van der Waals surface area contributed by atoms with Crippen molar-refractivity contribution >= 4 is 36.0 Å².